The monoisotopic (exact) mass is 263 g/mol. The molecule has 0 fully saturated rings. The number of aromatic nitrogens is 2. The molecule has 0 atom stereocenters. The predicted molar refractivity (Wildman–Crippen MR) is 61.2 cm³/mol. The summed E-state index contributed by atoms with van der Waals surface area (Å²) in [6.07, 6.45) is 1.17. The minimum absolute atomic E-state index is 0.0950. The van der Waals surface area contributed by atoms with Crippen molar-refractivity contribution in [2.45, 2.75) is 5.75 Å². The Hall–Kier alpha value is -1.06. The first-order chi connectivity index (χ1) is 7.56. The summed E-state index contributed by atoms with van der Waals surface area (Å²) in [5.41, 5.74) is 0. The fourth-order valence-corrected chi connectivity index (χ4v) is 2.18. The summed E-state index contributed by atoms with van der Waals surface area (Å²) in [5, 5.41) is 10.5. The molecule has 0 amide bonds. The van der Waals surface area contributed by atoms with Gasteiger partial charge < -0.3 is 14.3 Å². The van der Waals surface area contributed by atoms with Gasteiger partial charge in [0.25, 0.3) is 4.45 Å². The zero-order valence-corrected chi connectivity index (χ0v) is 10.2. The average Bonchev–Trinajstić information content (AvgIpc) is 2.57. The van der Waals surface area contributed by atoms with E-state index in [-0.39, 0.29) is 16.0 Å². The van der Waals surface area contributed by atoms with E-state index in [1.54, 1.807) is 0 Å². The number of thioether (sulfide) groups is 1. The topological polar surface area (TPSA) is 87.3 Å². The molecule has 1 aromatic heterocycles. The van der Waals surface area contributed by atoms with Crippen LogP contribution in [0.5, 0.6) is 0 Å². The third-order valence-corrected chi connectivity index (χ3v) is 3.22. The Morgan fingerprint density at radius 1 is 1.75 bits per heavy atom. The molecule has 0 N–H and O–H groups in total. The highest BCUT2D eigenvalue weighted by atomic mass is 32.2. The van der Waals surface area contributed by atoms with Gasteiger partial charge in [-0.1, -0.05) is 11.8 Å². The van der Waals surface area contributed by atoms with Crippen molar-refractivity contribution < 1.29 is 13.9 Å². The molecule has 0 bridgehead atoms. The van der Waals surface area contributed by atoms with Gasteiger partial charge in [0.2, 0.25) is 5.82 Å². The Balaban J connectivity index is 2.61. The minimum Gasteiger partial charge on any atom is -0.358 e. The molecule has 0 unspecified atom stereocenters. The van der Waals surface area contributed by atoms with Crippen molar-refractivity contribution in [2.75, 3.05) is 7.11 Å². The van der Waals surface area contributed by atoms with Crippen LogP contribution in [-0.2, 0) is 17.0 Å². The highest BCUT2D eigenvalue weighted by molar-refractivity contribution is 8.36. The second-order valence-corrected chi connectivity index (χ2v) is 4.71. The highest BCUT2D eigenvalue weighted by Crippen LogP contribution is 2.22. The normalized spacial score (nSPS) is 10.4. The van der Waals surface area contributed by atoms with Crippen LogP contribution in [0.25, 0.3) is 0 Å². The lowest BCUT2D eigenvalue weighted by atomic mass is 10.7. The first kappa shape index (κ1) is 13.0. The molecule has 0 aliphatic rings. The lowest BCUT2D eigenvalue weighted by Crippen LogP contribution is -2.01. The molecular weight excluding hydrogens is 254 g/mol. The number of hydrogen-bond acceptors (Lipinski definition) is 7. The largest absolute Gasteiger partial charge is 0.358 e. The zero-order valence-electron chi connectivity index (χ0n) is 8.58. The molecule has 0 aliphatic carbocycles. The van der Waals surface area contributed by atoms with E-state index in [1.807, 2.05) is 0 Å². The Kier molecular flexibility index (Phi) is 4.77. The van der Waals surface area contributed by atoms with Crippen LogP contribution in [0.3, 0.4) is 0 Å². The lowest BCUT2D eigenvalue weighted by Gasteiger charge is -1.97. The van der Waals surface area contributed by atoms with Crippen molar-refractivity contribution in [2.24, 2.45) is 7.05 Å². The maximum Gasteiger partial charge on any atom is 0.342 e. The van der Waals surface area contributed by atoms with Crippen molar-refractivity contribution in [1.82, 2.24) is 9.55 Å². The fraction of sp³-hybridized carbons (Fsp3) is 0.429. The van der Waals surface area contributed by atoms with Gasteiger partial charge in [0.05, 0.1) is 32.0 Å². The maximum atomic E-state index is 11.1. The Morgan fingerprint density at radius 3 is 2.94 bits per heavy atom. The zero-order chi connectivity index (χ0) is 12.1. The van der Waals surface area contributed by atoms with Crippen LogP contribution < -0.4 is 0 Å². The molecule has 0 radical (unpaired) electrons. The second kappa shape index (κ2) is 5.87. The summed E-state index contributed by atoms with van der Waals surface area (Å²) in [5.74, 6) is 0.656. The molecule has 0 saturated heterocycles. The van der Waals surface area contributed by atoms with Crippen molar-refractivity contribution in [3.63, 3.8) is 0 Å². The number of carbonyl (C=O) groups is 1. The van der Waals surface area contributed by atoms with Gasteiger partial charge in [-0.2, -0.15) is 0 Å². The van der Waals surface area contributed by atoms with Gasteiger partial charge in [0.1, 0.15) is 6.20 Å². The van der Waals surface area contributed by atoms with Gasteiger partial charge in [-0.3, -0.25) is 4.79 Å². The van der Waals surface area contributed by atoms with E-state index in [2.05, 4.69) is 9.17 Å². The predicted octanol–water partition coefficient (Wildman–Crippen LogP) is 1.98. The molecule has 0 aromatic carbocycles. The lowest BCUT2D eigenvalue weighted by molar-refractivity contribution is -0.391. The van der Waals surface area contributed by atoms with Gasteiger partial charge in [0, 0.05) is 0 Å². The smallest absolute Gasteiger partial charge is 0.342 e. The number of carbonyl (C=O) groups excluding carboxylic acids is 1. The third kappa shape index (κ3) is 3.22. The molecule has 88 valence electrons. The van der Waals surface area contributed by atoms with Crippen molar-refractivity contribution >= 4 is 34.1 Å². The van der Waals surface area contributed by atoms with Gasteiger partial charge in [-0.15, -0.1) is 0 Å². The molecular formula is C7H9N3O4S2. The van der Waals surface area contributed by atoms with Crippen molar-refractivity contribution in [3.05, 3.63) is 22.1 Å². The summed E-state index contributed by atoms with van der Waals surface area (Å²) >= 11 is 1.71. The molecule has 1 aromatic rings. The van der Waals surface area contributed by atoms with E-state index in [4.69, 9.17) is 0 Å². The van der Waals surface area contributed by atoms with Crippen LogP contribution in [0.4, 0.5) is 10.6 Å². The Bertz CT molecular complexity index is 406. The van der Waals surface area contributed by atoms with E-state index in [0.29, 0.717) is 5.82 Å². The molecule has 0 spiro atoms. The molecule has 1 rings (SSSR count). The van der Waals surface area contributed by atoms with Crippen LogP contribution >= 0.6 is 23.8 Å². The standard InChI is InChI=1S/C7H9N3O4S2/c1-9-5(4-15-7(11)16-14-2)8-3-6(9)10(12)13/h3H,4H2,1-2H3. The van der Waals surface area contributed by atoms with Gasteiger partial charge in [-0.25, -0.2) is 9.55 Å². The van der Waals surface area contributed by atoms with Crippen LogP contribution in [0.15, 0.2) is 6.20 Å². The number of hydrogen-bond donors (Lipinski definition) is 0. The van der Waals surface area contributed by atoms with E-state index in [0.717, 1.165) is 23.8 Å². The van der Waals surface area contributed by atoms with Crippen LogP contribution in [-0.4, -0.2) is 26.0 Å². The van der Waals surface area contributed by atoms with Gasteiger partial charge in [-0.05, 0) is 4.92 Å². The SMILES string of the molecule is COSC(=O)SCc1ncc([N+](=O)[O-])n1C. The maximum absolute atomic E-state index is 11.1. The number of rotatable bonds is 4. The summed E-state index contributed by atoms with van der Waals surface area (Å²) in [6, 6.07) is 0. The van der Waals surface area contributed by atoms with Crippen LogP contribution in [0.1, 0.15) is 5.82 Å². The number of nitro groups is 1. The summed E-state index contributed by atoms with van der Waals surface area (Å²) in [4.78, 5) is 25.0. The quantitative estimate of drug-likeness (QED) is 0.466. The van der Waals surface area contributed by atoms with Crippen molar-refractivity contribution in [3.8, 4) is 0 Å². The average molecular weight is 263 g/mol. The molecule has 0 saturated carbocycles. The fourth-order valence-electron chi connectivity index (χ4n) is 0.957. The van der Waals surface area contributed by atoms with E-state index < -0.39 is 4.92 Å². The first-order valence-electron chi connectivity index (χ1n) is 4.08. The van der Waals surface area contributed by atoms with Gasteiger partial charge in [0.15, 0.2) is 0 Å². The second-order valence-electron chi connectivity index (χ2n) is 2.64. The number of nitrogens with zero attached hydrogens (tertiary/aromatic N) is 3. The van der Waals surface area contributed by atoms with E-state index in [9.17, 15) is 14.9 Å². The third-order valence-electron chi connectivity index (χ3n) is 1.72. The number of imidazole rings is 1. The Labute approximate surface area is 99.9 Å². The highest BCUT2D eigenvalue weighted by Gasteiger charge is 2.17. The molecule has 0 aliphatic heterocycles. The van der Waals surface area contributed by atoms with E-state index in [1.165, 1.54) is 24.9 Å². The van der Waals surface area contributed by atoms with Crippen LogP contribution in [0.2, 0.25) is 0 Å². The summed E-state index contributed by atoms with van der Waals surface area (Å²) in [7, 11) is 2.93. The van der Waals surface area contributed by atoms with Crippen LogP contribution in [0, 0.1) is 10.1 Å². The summed E-state index contributed by atoms with van der Waals surface area (Å²) < 4.78 is 5.71. The van der Waals surface area contributed by atoms with Gasteiger partial charge >= 0.3 is 5.82 Å². The van der Waals surface area contributed by atoms with Crippen molar-refractivity contribution in [1.29, 1.82) is 0 Å². The molecule has 1 heterocycles. The molecule has 16 heavy (non-hydrogen) atoms. The minimum atomic E-state index is -0.521. The van der Waals surface area contributed by atoms with E-state index >= 15 is 0 Å². The first-order valence-corrected chi connectivity index (χ1v) is 5.81. The molecule has 7 nitrogen and oxygen atoms in total. The summed E-state index contributed by atoms with van der Waals surface area (Å²) in [6.45, 7) is 0. The molecule has 9 heteroatoms. The Morgan fingerprint density at radius 2 is 2.44 bits per heavy atom.